The summed E-state index contributed by atoms with van der Waals surface area (Å²) in [6, 6.07) is 4.56. The van der Waals surface area contributed by atoms with Crippen molar-refractivity contribution in [2.24, 2.45) is 0 Å². The largest absolute Gasteiger partial charge is 0.495 e. The van der Waals surface area contributed by atoms with Crippen LogP contribution >= 0.6 is 27.5 Å². The zero-order chi connectivity index (χ0) is 18.4. The number of hydrogen-bond acceptors (Lipinski definition) is 6. The molecule has 0 aliphatic heterocycles. The highest BCUT2D eigenvalue weighted by Gasteiger charge is 2.15. The van der Waals surface area contributed by atoms with Gasteiger partial charge in [0.15, 0.2) is 6.61 Å². The second-order valence-corrected chi connectivity index (χ2v) is 6.03. The molecule has 1 amide bonds. The molecular weight excluding hydrogens is 416 g/mol. The molecule has 0 saturated heterocycles. The van der Waals surface area contributed by atoms with Gasteiger partial charge in [-0.25, -0.2) is 4.79 Å². The monoisotopic (exact) mass is 428 g/mol. The van der Waals surface area contributed by atoms with Crippen LogP contribution in [0.15, 0.2) is 35.1 Å². The molecule has 1 aromatic carbocycles. The summed E-state index contributed by atoms with van der Waals surface area (Å²) in [6.07, 6.45) is 2.88. The van der Waals surface area contributed by atoms with Gasteiger partial charge >= 0.3 is 5.97 Å². The number of ether oxygens (including phenoxy) is 3. The van der Waals surface area contributed by atoms with E-state index >= 15 is 0 Å². The number of anilines is 1. The van der Waals surface area contributed by atoms with Crippen LogP contribution in [0.5, 0.6) is 11.5 Å². The fraction of sp³-hybridized carbons (Fsp3) is 0.188. The summed E-state index contributed by atoms with van der Waals surface area (Å²) < 4.78 is 15.8. The summed E-state index contributed by atoms with van der Waals surface area (Å²) in [5.41, 5.74) is 0.561. The molecule has 0 aliphatic carbocycles. The number of nitrogens with one attached hydrogen (secondary N) is 1. The molecule has 0 fully saturated rings. The van der Waals surface area contributed by atoms with Gasteiger partial charge in [-0.2, -0.15) is 0 Å². The Morgan fingerprint density at radius 1 is 1.16 bits per heavy atom. The number of pyridine rings is 1. The van der Waals surface area contributed by atoms with Gasteiger partial charge in [-0.15, -0.1) is 0 Å². The van der Waals surface area contributed by atoms with Gasteiger partial charge in [0.2, 0.25) is 0 Å². The molecule has 0 saturated carbocycles. The average Bonchev–Trinajstić information content (AvgIpc) is 2.60. The molecule has 0 atom stereocenters. The van der Waals surface area contributed by atoms with Crippen molar-refractivity contribution in [3.8, 4) is 11.5 Å². The minimum Gasteiger partial charge on any atom is -0.495 e. The highest BCUT2D eigenvalue weighted by Crippen LogP contribution is 2.35. The van der Waals surface area contributed by atoms with Crippen LogP contribution < -0.4 is 14.8 Å². The molecule has 0 radical (unpaired) electrons. The third-order valence-electron chi connectivity index (χ3n) is 3.02. The van der Waals surface area contributed by atoms with Gasteiger partial charge < -0.3 is 19.5 Å². The third kappa shape index (κ3) is 5.07. The number of aromatic nitrogens is 1. The molecule has 1 aromatic heterocycles. The van der Waals surface area contributed by atoms with Crippen LogP contribution in [0.4, 0.5) is 5.69 Å². The first-order valence-corrected chi connectivity index (χ1v) is 8.10. The first-order valence-electron chi connectivity index (χ1n) is 6.93. The SMILES string of the molecule is COc1cc(OC)c(NC(=O)COC(=O)c2cncc(Br)c2)cc1Cl. The van der Waals surface area contributed by atoms with Crippen molar-refractivity contribution in [3.63, 3.8) is 0 Å². The van der Waals surface area contributed by atoms with E-state index < -0.39 is 18.5 Å². The number of hydrogen-bond donors (Lipinski definition) is 1. The van der Waals surface area contributed by atoms with E-state index in [9.17, 15) is 9.59 Å². The number of halogens is 2. The summed E-state index contributed by atoms with van der Waals surface area (Å²) in [4.78, 5) is 27.8. The quantitative estimate of drug-likeness (QED) is 0.709. The van der Waals surface area contributed by atoms with Gasteiger partial charge in [0.05, 0.1) is 30.5 Å². The lowest BCUT2D eigenvalue weighted by molar-refractivity contribution is -0.119. The van der Waals surface area contributed by atoms with E-state index in [2.05, 4.69) is 26.2 Å². The molecule has 9 heteroatoms. The van der Waals surface area contributed by atoms with Gasteiger partial charge in [0.1, 0.15) is 11.5 Å². The maximum Gasteiger partial charge on any atom is 0.340 e. The lowest BCUT2D eigenvalue weighted by atomic mass is 10.2. The Bertz CT molecular complexity index is 800. The normalized spacial score (nSPS) is 10.1. The summed E-state index contributed by atoms with van der Waals surface area (Å²) in [5, 5.41) is 2.87. The van der Waals surface area contributed by atoms with Crippen LogP contribution in [0.25, 0.3) is 0 Å². The van der Waals surface area contributed by atoms with E-state index in [1.807, 2.05) is 0 Å². The first-order chi connectivity index (χ1) is 11.9. The minimum atomic E-state index is -0.663. The molecule has 25 heavy (non-hydrogen) atoms. The van der Waals surface area contributed by atoms with Crippen molar-refractivity contribution in [1.82, 2.24) is 4.98 Å². The lowest BCUT2D eigenvalue weighted by Gasteiger charge is -2.13. The second-order valence-electron chi connectivity index (χ2n) is 4.70. The van der Waals surface area contributed by atoms with E-state index in [-0.39, 0.29) is 5.56 Å². The van der Waals surface area contributed by atoms with E-state index in [1.54, 1.807) is 6.07 Å². The maximum atomic E-state index is 12.0. The predicted molar refractivity (Wildman–Crippen MR) is 95.4 cm³/mol. The number of carbonyl (C=O) groups excluding carboxylic acids is 2. The Kier molecular flexibility index (Phi) is 6.60. The fourth-order valence-corrected chi connectivity index (χ4v) is 2.49. The topological polar surface area (TPSA) is 86.8 Å². The number of nitrogens with zero attached hydrogens (tertiary/aromatic N) is 1. The number of carbonyl (C=O) groups is 2. The molecule has 132 valence electrons. The number of esters is 1. The molecule has 7 nitrogen and oxygen atoms in total. The number of amides is 1. The van der Waals surface area contributed by atoms with Crippen molar-refractivity contribution >= 4 is 45.1 Å². The Balaban J connectivity index is 2.01. The zero-order valence-corrected chi connectivity index (χ0v) is 15.7. The molecule has 0 aliphatic rings. The Labute approximate surface area is 157 Å². The number of rotatable bonds is 6. The van der Waals surface area contributed by atoms with E-state index in [0.29, 0.717) is 26.7 Å². The highest BCUT2D eigenvalue weighted by atomic mass is 79.9. The maximum absolute atomic E-state index is 12.0. The smallest absolute Gasteiger partial charge is 0.340 e. The summed E-state index contributed by atoms with van der Waals surface area (Å²) >= 11 is 9.24. The first kappa shape index (κ1) is 19.0. The highest BCUT2D eigenvalue weighted by molar-refractivity contribution is 9.10. The minimum absolute atomic E-state index is 0.229. The van der Waals surface area contributed by atoms with Crippen LogP contribution in [0.1, 0.15) is 10.4 Å². The molecule has 2 rings (SSSR count). The molecule has 1 heterocycles. The molecule has 2 aromatic rings. The van der Waals surface area contributed by atoms with Gasteiger partial charge in [-0.1, -0.05) is 11.6 Å². The van der Waals surface area contributed by atoms with Crippen LogP contribution in [-0.4, -0.2) is 37.7 Å². The molecule has 1 N–H and O–H groups in total. The second kappa shape index (κ2) is 8.68. The van der Waals surface area contributed by atoms with Crippen LogP contribution in [0.2, 0.25) is 5.02 Å². The Morgan fingerprint density at radius 2 is 1.88 bits per heavy atom. The van der Waals surface area contributed by atoms with E-state index in [4.69, 9.17) is 25.8 Å². The summed E-state index contributed by atoms with van der Waals surface area (Å²) in [5.74, 6) is -0.443. The van der Waals surface area contributed by atoms with Crippen molar-refractivity contribution in [3.05, 3.63) is 45.7 Å². The van der Waals surface area contributed by atoms with Crippen LogP contribution in [0, 0.1) is 0 Å². The molecule has 0 bridgehead atoms. The lowest BCUT2D eigenvalue weighted by Crippen LogP contribution is -2.21. The molecule has 0 unspecified atom stereocenters. The van der Waals surface area contributed by atoms with Gasteiger partial charge in [0, 0.05) is 22.9 Å². The van der Waals surface area contributed by atoms with Crippen molar-refractivity contribution < 1.29 is 23.8 Å². The van der Waals surface area contributed by atoms with Crippen molar-refractivity contribution in [2.75, 3.05) is 26.1 Å². The van der Waals surface area contributed by atoms with Crippen LogP contribution in [-0.2, 0) is 9.53 Å². The summed E-state index contributed by atoms with van der Waals surface area (Å²) in [7, 11) is 2.91. The Morgan fingerprint density at radius 3 is 2.52 bits per heavy atom. The van der Waals surface area contributed by atoms with Gasteiger partial charge in [-0.3, -0.25) is 9.78 Å². The average molecular weight is 430 g/mol. The van der Waals surface area contributed by atoms with Gasteiger partial charge in [0.25, 0.3) is 5.91 Å². The molecular formula is C16H14BrClN2O5. The van der Waals surface area contributed by atoms with E-state index in [0.717, 1.165) is 0 Å². The third-order valence-corrected chi connectivity index (χ3v) is 3.75. The van der Waals surface area contributed by atoms with E-state index in [1.165, 1.54) is 38.7 Å². The Hall–Kier alpha value is -2.32. The predicted octanol–water partition coefficient (Wildman–Crippen LogP) is 3.31. The van der Waals surface area contributed by atoms with Crippen molar-refractivity contribution in [2.45, 2.75) is 0 Å². The number of methoxy groups -OCH3 is 2. The standard InChI is InChI=1S/C16H14BrClN2O5/c1-23-13-5-14(24-2)12(4-11(13)18)20-15(21)8-25-16(22)9-3-10(17)7-19-6-9/h3-7H,8H2,1-2H3,(H,20,21). The number of benzene rings is 1. The molecule has 0 spiro atoms. The zero-order valence-electron chi connectivity index (χ0n) is 13.3. The summed E-state index contributed by atoms with van der Waals surface area (Å²) in [6.45, 7) is -0.474. The fourth-order valence-electron chi connectivity index (χ4n) is 1.88. The van der Waals surface area contributed by atoms with Gasteiger partial charge in [-0.05, 0) is 28.1 Å². The van der Waals surface area contributed by atoms with Crippen molar-refractivity contribution in [1.29, 1.82) is 0 Å². The van der Waals surface area contributed by atoms with Crippen LogP contribution in [0.3, 0.4) is 0 Å².